The topological polar surface area (TPSA) is 223 Å². The van der Waals surface area contributed by atoms with E-state index >= 15 is 0 Å². The number of nitrogens with one attached hydrogen (secondary N) is 2. The van der Waals surface area contributed by atoms with Crippen molar-refractivity contribution >= 4 is 41.1 Å². The van der Waals surface area contributed by atoms with Crippen molar-refractivity contribution in [1.82, 2.24) is 20.6 Å². The summed E-state index contributed by atoms with van der Waals surface area (Å²) in [6, 6.07) is 9.24. The number of amides is 1. The fraction of sp³-hybridized carbons (Fsp3) is 0.350. The second kappa shape index (κ2) is 13.1. The molecule has 2 aromatic rings. The van der Waals surface area contributed by atoms with Gasteiger partial charge in [-0.2, -0.15) is 0 Å². The van der Waals surface area contributed by atoms with E-state index in [1.54, 1.807) is 0 Å². The van der Waals surface area contributed by atoms with E-state index in [9.17, 15) is 9.90 Å². The molecule has 0 aliphatic carbocycles. The normalized spacial score (nSPS) is 11.5. The van der Waals surface area contributed by atoms with Crippen LogP contribution in [0.4, 0.5) is 11.6 Å². The molecule has 0 bridgehead atoms. The van der Waals surface area contributed by atoms with Crippen molar-refractivity contribution in [1.29, 1.82) is 0 Å². The summed E-state index contributed by atoms with van der Waals surface area (Å²) < 4.78 is 5.51. The summed E-state index contributed by atoms with van der Waals surface area (Å²) in [7, 11) is 0. The minimum absolute atomic E-state index is 0.0376. The molecule has 1 aromatic heterocycles. The molecule has 1 aromatic carbocycles. The van der Waals surface area contributed by atoms with E-state index in [-0.39, 0.29) is 42.2 Å². The number of ether oxygens (including phenoxy) is 1. The van der Waals surface area contributed by atoms with Crippen LogP contribution in [-0.4, -0.2) is 74.5 Å². The van der Waals surface area contributed by atoms with Gasteiger partial charge < -0.3 is 42.2 Å². The highest BCUT2D eigenvalue weighted by Crippen LogP contribution is 2.17. The average Bonchev–Trinajstić information content (AvgIpc) is 2.78. The van der Waals surface area contributed by atoms with E-state index in [4.69, 9.17) is 47.6 Å². The second-order valence-electron chi connectivity index (χ2n) is 7.47. The van der Waals surface area contributed by atoms with Gasteiger partial charge in [-0.05, 0) is 26.0 Å². The SMILES string of the molecule is CC(C)(CNC(=O)c1nc(Cl)c(N)nc1N)NCC(O)COc1ccccc1.O=C(O)C(=O)O. The first-order chi connectivity index (χ1) is 15.8. The highest BCUT2D eigenvalue weighted by Gasteiger charge is 2.22. The molecule has 0 aliphatic rings. The lowest BCUT2D eigenvalue weighted by Crippen LogP contribution is -2.51. The first-order valence-corrected chi connectivity index (χ1v) is 10.1. The Kier molecular flexibility index (Phi) is 10.9. The highest BCUT2D eigenvalue weighted by molar-refractivity contribution is 6.31. The molecule has 1 unspecified atom stereocenters. The molecule has 9 N–H and O–H groups in total. The average molecular weight is 499 g/mol. The summed E-state index contributed by atoms with van der Waals surface area (Å²) in [4.78, 5) is 38.1. The predicted octanol–water partition coefficient (Wildman–Crippen LogP) is -0.0121. The quantitative estimate of drug-likeness (QED) is 0.226. The standard InChI is InChI=1S/C18H25ClN6O3.C2H2O4/c1-18(2,23-8-11(26)9-28-12-6-4-3-5-7-12)10-22-17(27)13-15(20)25-16(21)14(19)24-13;3-1(4)2(5)6/h3-7,11,23,26H,8-10H2,1-2H3,(H,22,27)(H4,20,21,25);(H,3,4)(H,5,6). The molecule has 0 fully saturated rings. The number of benzene rings is 1. The van der Waals surface area contributed by atoms with Gasteiger partial charge in [-0.1, -0.05) is 29.8 Å². The molecule has 13 nitrogen and oxygen atoms in total. The van der Waals surface area contributed by atoms with E-state index in [0.29, 0.717) is 5.75 Å². The van der Waals surface area contributed by atoms with Crippen LogP contribution < -0.4 is 26.8 Å². The number of carbonyl (C=O) groups is 3. The zero-order valence-corrected chi connectivity index (χ0v) is 19.2. The van der Waals surface area contributed by atoms with Crippen molar-refractivity contribution in [2.24, 2.45) is 0 Å². The number of aliphatic hydroxyl groups excluding tert-OH is 1. The third-order valence-corrected chi connectivity index (χ3v) is 4.27. The first kappa shape index (κ1) is 28.4. The zero-order valence-electron chi connectivity index (χ0n) is 18.5. The number of hydrogen-bond acceptors (Lipinski definition) is 10. The summed E-state index contributed by atoms with van der Waals surface area (Å²) >= 11 is 5.79. The molecular weight excluding hydrogens is 472 g/mol. The maximum Gasteiger partial charge on any atom is 0.414 e. The summed E-state index contributed by atoms with van der Waals surface area (Å²) in [5.41, 5.74) is 10.6. The number of nitrogens with two attached hydrogens (primary N) is 2. The molecule has 186 valence electrons. The number of carboxylic acids is 2. The predicted molar refractivity (Wildman–Crippen MR) is 123 cm³/mol. The van der Waals surface area contributed by atoms with Crippen molar-refractivity contribution in [3.63, 3.8) is 0 Å². The molecule has 0 saturated heterocycles. The number of β-amino-alcohol motifs (C(OH)–C–C–N with tert-alkyl or cyclic N) is 1. The van der Waals surface area contributed by atoms with Crippen LogP contribution in [0.5, 0.6) is 5.75 Å². The van der Waals surface area contributed by atoms with Gasteiger partial charge in [0.1, 0.15) is 18.5 Å². The lowest BCUT2D eigenvalue weighted by atomic mass is 10.1. The fourth-order valence-corrected chi connectivity index (χ4v) is 2.35. The number of rotatable bonds is 9. The smallest absolute Gasteiger partial charge is 0.414 e. The molecule has 0 radical (unpaired) electrons. The molecule has 34 heavy (non-hydrogen) atoms. The zero-order chi connectivity index (χ0) is 25.9. The Hall–Kier alpha value is -3.68. The number of carbonyl (C=O) groups excluding carboxylic acids is 1. The van der Waals surface area contributed by atoms with Crippen LogP contribution in [0, 0.1) is 0 Å². The number of aliphatic hydroxyl groups is 1. The van der Waals surface area contributed by atoms with Gasteiger partial charge >= 0.3 is 11.9 Å². The number of hydrogen-bond donors (Lipinski definition) is 7. The lowest BCUT2D eigenvalue weighted by Gasteiger charge is -2.28. The van der Waals surface area contributed by atoms with Gasteiger partial charge in [-0.25, -0.2) is 19.6 Å². The Morgan fingerprint density at radius 3 is 2.24 bits per heavy atom. The third-order valence-electron chi connectivity index (χ3n) is 4.00. The molecule has 2 rings (SSSR count). The Bertz CT molecular complexity index is 979. The summed E-state index contributed by atoms with van der Waals surface area (Å²) in [5.74, 6) is -3.61. The summed E-state index contributed by atoms with van der Waals surface area (Å²) in [6.07, 6.45) is -0.715. The maximum atomic E-state index is 12.3. The van der Waals surface area contributed by atoms with Crippen LogP contribution in [0.1, 0.15) is 24.3 Å². The number of halogens is 1. The third kappa shape index (κ3) is 10.3. The van der Waals surface area contributed by atoms with Crippen molar-refractivity contribution in [2.75, 3.05) is 31.2 Å². The van der Waals surface area contributed by atoms with Crippen LogP contribution >= 0.6 is 11.6 Å². The van der Waals surface area contributed by atoms with Crippen LogP contribution in [0.25, 0.3) is 0 Å². The molecule has 0 spiro atoms. The number of carboxylic acid groups (broad SMARTS) is 2. The fourth-order valence-electron chi connectivity index (χ4n) is 2.22. The minimum Gasteiger partial charge on any atom is -0.491 e. The van der Waals surface area contributed by atoms with Crippen molar-refractivity contribution < 1.29 is 34.4 Å². The number of aliphatic carboxylic acids is 2. The van der Waals surface area contributed by atoms with E-state index in [1.165, 1.54) is 0 Å². The monoisotopic (exact) mass is 498 g/mol. The molecule has 1 amide bonds. The Labute approximate surface area is 200 Å². The van der Waals surface area contributed by atoms with E-state index in [0.717, 1.165) is 0 Å². The highest BCUT2D eigenvalue weighted by atomic mass is 35.5. The Morgan fingerprint density at radius 2 is 1.68 bits per heavy atom. The van der Waals surface area contributed by atoms with Gasteiger partial charge in [0.2, 0.25) is 0 Å². The molecule has 1 heterocycles. The molecule has 0 saturated carbocycles. The first-order valence-electron chi connectivity index (χ1n) is 9.76. The van der Waals surface area contributed by atoms with Crippen LogP contribution in [-0.2, 0) is 9.59 Å². The van der Waals surface area contributed by atoms with Crippen molar-refractivity contribution in [3.8, 4) is 5.75 Å². The molecule has 14 heteroatoms. The van der Waals surface area contributed by atoms with Crippen LogP contribution in [0.15, 0.2) is 30.3 Å². The maximum absolute atomic E-state index is 12.3. The van der Waals surface area contributed by atoms with Crippen molar-refractivity contribution in [2.45, 2.75) is 25.5 Å². The minimum atomic E-state index is -1.82. The van der Waals surface area contributed by atoms with Crippen LogP contribution in [0.3, 0.4) is 0 Å². The van der Waals surface area contributed by atoms with E-state index in [1.807, 2.05) is 44.2 Å². The second-order valence-corrected chi connectivity index (χ2v) is 7.83. The summed E-state index contributed by atoms with van der Waals surface area (Å²) in [6.45, 7) is 4.44. The summed E-state index contributed by atoms with van der Waals surface area (Å²) in [5, 5.41) is 30.7. The number of nitrogen functional groups attached to an aromatic ring is 2. The largest absolute Gasteiger partial charge is 0.491 e. The van der Waals surface area contributed by atoms with Gasteiger partial charge in [0.25, 0.3) is 5.91 Å². The number of anilines is 2. The number of para-hydroxylation sites is 1. The molecular formula is C20H27ClN6O7. The lowest BCUT2D eigenvalue weighted by molar-refractivity contribution is -0.159. The Balaban J connectivity index is 0.000000852. The Morgan fingerprint density at radius 1 is 1.09 bits per heavy atom. The van der Waals surface area contributed by atoms with Gasteiger partial charge in [0.05, 0.1) is 0 Å². The van der Waals surface area contributed by atoms with E-state index in [2.05, 4.69) is 20.6 Å². The van der Waals surface area contributed by atoms with Gasteiger partial charge in [-0.3, -0.25) is 4.79 Å². The van der Waals surface area contributed by atoms with Crippen LogP contribution in [0.2, 0.25) is 5.15 Å². The van der Waals surface area contributed by atoms with Gasteiger partial charge in [0, 0.05) is 18.6 Å². The number of nitrogens with zero attached hydrogens (tertiary/aromatic N) is 2. The molecule has 1 atom stereocenters. The van der Waals surface area contributed by atoms with Gasteiger partial charge in [0.15, 0.2) is 22.5 Å². The van der Waals surface area contributed by atoms with Crippen molar-refractivity contribution in [3.05, 3.63) is 41.2 Å². The number of aromatic nitrogens is 2. The van der Waals surface area contributed by atoms with E-state index < -0.39 is 29.5 Å². The molecule has 0 aliphatic heterocycles. The van der Waals surface area contributed by atoms with Gasteiger partial charge in [-0.15, -0.1) is 0 Å².